The van der Waals surface area contributed by atoms with Gasteiger partial charge in [0.15, 0.2) is 10.9 Å². The average Bonchev–Trinajstić information content (AvgIpc) is 3.38. The van der Waals surface area contributed by atoms with Crippen LogP contribution in [-0.2, 0) is 10.5 Å². The van der Waals surface area contributed by atoms with Gasteiger partial charge in [-0.15, -0.1) is 5.10 Å². The first-order chi connectivity index (χ1) is 17.6. The van der Waals surface area contributed by atoms with Crippen molar-refractivity contribution in [2.75, 3.05) is 0 Å². The number of carbonyl (C=O) groups is 1. The van der Waals surface area contributed by atoms with E-state index in [1.807, 2.05) is 84.9 Å². The molecular weight excluding hydrogens is 515 g/mol. The van der Waals surface area contributed by atoms with Gasteiger partial charge < -0.3 is 4.42 Å². The Labute approximate surface area is 220 Å². The molecule has 0 spiro atoms. The molecule has 1 unspecified atom stereocenters. The number of rotatable bonds is 4. The van der Waals surface area contributed by atoms with E-state index in [-0.39, 0.29) is 5.91 Å². The van der Waals surface area contributed by atoms with E-state index in [9.17, 15) is 4.79 Å². The van der Waals surface area contributed by atoms with Gasteiger partial charge in [-0.05, 0) is 54.1 Å². The van der Waals surface area contributed by atoms with E-state index in [0.717, 1.165) is 16.3 Å². The van der Waals surface area contributed by atoms with Gasteiger partial charge >= 0.3 is 0 Å². The molecule has 1 atom stereocenters. The van der Waals surface area contributed by atoms with E-state index in [0.29, 0.717) is 43.5 Å². The summed E-state index contributed by atoms with van der Waals surface area (Å²) in [6.07, 6.45) is -0.641. The number of halogens is 2. The predicted octanol–water partition coefficient (Wildman–Crippen LogP) is 5.33. The first-order valence-corrected chi connectivity index (χ1v) is 12.9. The number of para-hydroxylation sites is 1. The number of fused-ring (bicyclic) bond motifs is 2. The topological polar surface area (TPSA) is 70.2 Å². The van der Waals surface area contributed by atoms with Crippen LogP contribution in [0.15, 0.2) is 99.4 Å². The SMILES string of the molecule is O=C1NC(SCc2ccccc2Cl)=NN2C1=c1ccccc1=NC2c1ccc(-c2ccc(Cl)cc2)o1. The lowest BCUT2D eigenvalue weighted by atomic mass is 10.1. The van der Waals surface area contributed by atoms with Crippen molar-refractivity contribution in [3.8, 4) is 11.3 Å². The molecule has 0 bridgehead atoms. The van der Waals surface area contributed by atoms with Crippen LogP contribution in [0.5, 0.6) is 0 Å². The molecular formula is C27H18Cl2N4O2S. The van der Waals surface area contributed by atoms with Crippen molar-refractivity contribution in [1.29, 1.82) is 0 Å². The van der Waals surface area contributed by atoms with E-state index in [4.69, 9.17) is 37.7 Å². The molecule has 6 nitrogen and oxygen atoms in total. The standard InChI is InChI=1S/C27H18Cl2N4O2S/c28-18-11-9-16(10-12-18)22-13-14-23(35-22)25-30-21-8-4-2-6-19(21)24-26(34)31-27(32-33(24)25)36-15-17-5-1-3-7-20(17)29/h1-14,25H,15H2,(H,31,32,34). The lowest BCUT2D eigenvalue weighted by Crippen LogP contribution is -2.50. The Morgan fingerprint density at radius 3 is 2.56 bits per heavy atom. The van der Waals surface area contributed by atoms with Gasteiger partial charge in [0, 0.05) is 26.6 Å². The molecule has 2 aliphatic rings. The molecule has 4 aromatic rings. The Bertz CT molecular complexity index is 1630. The highest BCUT2D eigenvalue weighted by molar-refractivity contribution is 8.13. The summed E-state index contributed by atoms with van der Waals surface area (Å²) in [4.78, 5) is 18.2. The van der Waals surface area contributed by atoms with Gasteiger partial charge in [0.2, 0.25) is 6.17 Å². The van der Waals surface area contributed by atoms with E-state index in [2.05, 4.69) is 5.32 Å². The van der Waals surface area contributed by atoms with Gasteiger partial charge in [0.05, 0.1) is 5.36 Å². The number of nitrogens with zero attached hydrogens (tertiary/aromatic N) is 3. The van der Waals surface area contributed by atoms with Crippen LogP contribution < -0.4 is 15.9 Å². The zero-order chi connectivity index (χ0) is 24.6. The maximum absolute atomic E-state index is 13.3. The summed E-state index contributed by atoms with van der Waals surface area (Å²) in [5.41, 5.74) is 2.28. The minimum atomic E-state index is -0.641. The Balaban J connectivity index is 1.39. The molecule has 6 rings (SSSR count). The normalized spacial score (nSPS) is 16.6. The number of benzene rings is 3. The fraction of sp³-hybridized carbons (Fsp3) is 0.0741. The quantitative estimate of drug-likeness (QED) is 0.385. The first kappa shape index (κ1) is 22.9. The highest BCUT2D eigenvalue weighted by atomic mass is 35.5. The molecule has 0 aliphatic carbocycles. The second kappa shape index (κ2) is 9.50. The van der Waals surface area contributed by atoms with Crippen LogP contribution in [0.1, 0.15) is 17.5 Å². The maximum Gasteiger partial charge on any atom is 0.276 e. The smallest absolute Gasteiger partial charge is 0.276 e. The van der Waals surface area contributed by atoms with Crippen LogP contribution in [0.3, 0.4) is 0 Å². The number of amidine groups is 1. The predicted molar refractivity (Wildman–Crippen MR) is 143 cm³/mol. The second-order valence-corrected chi connectivity index (χ2v) is 9.97. The summed E-state index contributed by atoms with van der Waals surface area (Å²) in [6.45, 7) is 0. The number of hydrazone groups is 1. The van der Waals surface area contributed by atoms with E-state index >= 15 is 0 Å². The highest BCUT2D eigenvalue weighted by Gasteiger charge is 2.36. The molecule has 36 heavy (non-hydrogen) atoms. The molecule has 0 radical (unpaired) electrons. The molecule has 2 aliphatic heterocycles. The van der Waals surface area contributed by atoms with Crippen molar-refractivity contribution in [1.82, 2.24) is 10.3 Å². The summed E-state index contributed by atoms with van der Waals surface area (Å²) in [7, 11) is 0. The number of thioether (sulfide) groups is 1. The molecule has 3 heterocycles. The summed E-state index contributed by atoms with van der Waals surface area (Å²) >= 11 is 13.7. The van der Waals surface area contributed by atoms with Crippen LogP contribution >= 0.6 is 35.0 Å². The zero-order valence-corrected chi connectivity index (χ0v) is 21.0. The van der Waals surface area contributed by atoms with Crippen LogP contribution in [0.2, 0.25) is 10.0 Å². The van der Waals surface area contributed by atoms with Crippen molar-refractivity contribution in [3.05, 3.63) is 117 Å². The fourth-order valence-electron chi connectivity index (χ4n) is 4.10. The van der Waals surface area contributed by atoms with Crippen molar-refractivity contribution >= 4 is 51.7 Å². The minimum absolute atomic E-state index is 0.247. The van der Waals surface area contributed by atoms with Crippen LogP contribution in [0.25, 0.3) is 17.0 Å². The van der Waals surface area contributed by atoms with Gasteiger partial charge in [0.1, 0.15) is 11.5 Å². The van der Waals surface area contributed by atoms with Gasteiger partial charge in [-0.3, -0.25) is 10.1 Å². The number of hydrogen-bond acceptors (Lipinski definition) is 6. The van der Waals surface area contributed by atoms with Crippen molar-refractivity contribution < 1.29 is 9.21 Å². The second-order valence-electron chi connectivity index (χ2n) is 8.16. The Kier molecular flexibility index (Phi) is 6.05. The minimum Gasteiger partial charge on any atom is -0.457 e. The number of nitrogens with one attached hydrogen (secondary N) is 1. The van der Waals surface area contributed by atoms with Crippen LogP contribution in [0.4, 0.5) is 0 Å². The molecule has 1 aromatic heterocycles. The zero-order valence-electron chi connectivity index (χ0n) is 18.7. The van der Waals surface area contributed by atoms with Gasteiger partial charge in [0.25, 0.3) is 5.91 Å². The van der Waals surface area contributed by atoms with Gasteiger partial charge in [-0.2, -0.15) is 0 Å². The molecule has 178 valence electrons. The lowest BCUT2D eigenvalue weighted by molar-refractivity contribution is -0.116. The fourth-order valence-corrected chi connectivity index (χ4v) is 5.36. The number of hydrogen-bond donors (Lipinski definition) is 1. The Morgan fingerprint density at radius 1 is 0.944 bits per heavy atom. The lowest BCUT2D eigenvalue weighted by Gasteiger charge is -2.32. The monoisotopic (exact) mass is 532 g/mol. The molecule has 0 fully saturated rings. The summed E-state index contributed by atoms with van der Waals surface area (Å²) in [6, 6.07) is 26.3. The Hall–Kier alpha value is -3.52. The van der Waals surface area contributed by atoms with E-state index in [1.165, 1.54) is 11.8 Å². The summed E-state index contributed by atoms with van der Waals surface area (Å²) < 4.78 is 6.21. The van der Waals surface area contributed by atoms with Gasteiger partial charge in [-0.1, -0.05) is 71.4 Å². The number of amides is 1. The molecule has 0 saturated carbocycles. The third-order valence-electron chi connectivity index (χ3n) is 5.85. The van der Waals surface area contributed by atoms with Crippen LogP contribution in [0, 0.1) is 0 Å². The molecule has 9 heteroatoms. The van der Waals surface area contributed by atoms with Crippen molar-refractivity contribution in [3.63, 3.8) is 0 Å². The molecule has 0 saturated heterocycles. The largest absolute Gasteiger partial charge is 0.457 e. The van der Waals surface area contributed by atoms with Crippen molar-refractivity contribution in [2.45, 2.75) is 11.9 Å². The highest BCUT2D eigenvalue weighted by Crippen LogP contribution is 2.34. The molecule has 3 aromatic carbocycles. The van der Waals surface area contributed by atoms with E-state index < -0.39 is 6.17 Å². The van der Waals surface area contributed by atoms with E-state index in [1.54, 1.807) is 5.01 Å². The van der Waals surface area contributed by atoms with Crippen LogP contribution in [-0.4, -0.2) is 16.1 Å². The average molecular weight is 533 g/mol. The maximum atomic E-state index is 13.3. The van der Waals surface area contributed by atoms with Crippen molar-refractivity contribution in [2.24, 2.45) is 10.1 Å². The number of furan rings is 1. The van der Waals surface area contributed by atoms with Gasteiger partial charge in [-0.25, -0.2) is 10.0 Å². The molecule has 1 amide bonds. The summed E-state index contributed by atoms with van der Waals surface area (Å²) in [5, 5.41) is 12.6. The summed E-state index contributed by atoms with van der Waals surface area (Å²) in [5.74, 6) is 1.56. The first-order valence-electron chi connectivity index (χ1n) is 11.1. The third kappa shape index (κ3) is 4.30. The number of carbonyl (C=O) groups excluding carboxylic acids is 1. The Morgan fingerprint density at radius 2 is 1.72 bits per heavy atom. The third-order valence-corrected chi connectivity index (χ3v) is 7.38. The molecule has 1 N–H and O–H groups in total.